The summed E-state index contributed by atoms with van der Waals surface area (Å²) in [6.07, 6.45) is -5.35. The van der Waals surface area contributed by atoms with Crippen LogP contribution in [0.4, 0.5) is 22.4 Å². The number of hydrogen-bond donors (Lipinski definition) is 2. The van der Waals surface area contributed by atoms with Gasteiger partial charge in [0.1, 0.15) is 6.17 Å². The first-order chi connectivity index (χ1) is 16.5. The Morgan fingerprint density at radius 3 is 2.20 bits per heavy atom. The molecule has 4 N–H and O–H groups in total. The molecule has 4 aliphatic rings. The largest absolute Gasteiger partial charge is 0.522 e. The van der Waals surface area contributed by atoms with Gasteiger partial charge in [-0.2, -0.15) is 5.10 Å². The molecule has 198 valence electrons. The predicted octanol–water partition coefficient (Wildman–Crippen LogP) is 2.00. The quantitative estimate of drug-likeness (QED) is 0.341. The molecule has 0 spiro atoms. The highest BCUT2D eigenvalue weighted by Crippen LogP contribution is 2.35. The molecule has 0 aromatic heterocycles. The zero-order valence-electron chi connectivity index (χ0n) is 19.5. The van der Waals surface area contributed by atoms with E-state index in [1.807, 2.05) is 0 Å². The van der Waals surface area contributed by atoms with E-state index in [9.17, 15) is 27.2 Å². The Morgan fingerprint density at radius 2 is 1.63 bits per heavy atom. The van der Waals surface area contributed by atoms with Crippen LogP contribution in [0, 0.1) is 23.7 Å². The summed E-state index contributed by atoms with van der Waals surface area (Å²) in [5, 5.41) is 3.57. The minimum atomic E-state index is -4.63. The van der Waals surface area contributed by atoms with E-state index < -0.39 is 36.7 Å². The van der Waals surface area contributed by atoms with Crippen molar-refractivity contribution in [3.05, 3.63) is 0 Å². The van der Waals surface area contributed by atoms with Gasteiger partial charge in [-0.3, -0.25) is 9.53 Å². The molecule has 9 nitrogen and oxygen atoms in total. The van der Waals surface area contributed by atoms with Gasteiger partial charge in [0.25, 0.3) is 0 Å². The van der Waals surface area contributed by atoms with E-state index in [1.165, 1.54) is 0 Å². The molecule has 0 aromatic rings. The van der Waals surface area contributed by atoms with E-state index in [1.54, 1.807) is 9.80 Å². The van der Waals surface area contributed by atoms with Crippen LogP contribution in [0.15, 0.2) is 5.10 Å². The van der Waals surface area contributed by atoms with E-state index in [-0.39, 0.29) is 56.0 Å². The second kappa shape index (κ2) is 10.5. The number of amides is 2. The Kier molecular flexibility index (Phi) is 7.74. The molecule has 2 amide bonds. The SMILES string of the molecule is N/N=C1\CC(C(=O)N2CC3CN(C(=O)OCC4CCC(OC(F)(F)F)CC4)CC3C2)CC(F)C1N. The van der Waals surface area contributed by atoms with Crippen molar-refractivity contribution in [2.45, 2.75) is 63.2 Å². The van der Waals surface area contributed by atoms with Gasteiger partial charge < -0.3 is 26.1 Å². The first kappa shape index (κ1) is 25.9. The van der Waals surface area contributed by atoms with Crippen molar-refractivity contribution in [3.63, 3.8) is 0 Å². The third-order valence-corrected chi connectivity index (χ3v) is 7.85. The third kappa shape index (κ3) is 6.16. The summed E-state index contributed by atoms with van der Waals surface area (Å²) in [6.45, 7) is 2.09. The molecule has 2 saturated carbocycles. The van der Waals surface area contributed by atoms with Gasteiger partial charge in [0.15, 0.2) is 0 Å². The Bertz CT molecular complexity index is 806. The topological polar surface area (TPSA) is 123 Å². The Balaban J connectivity index is 1.18. The van der Waals surface area contributed by atoms with Crippen LogP contribution in [0.2, 0.25) is 0 Å². The standard InChI is InChI=1S/C22H33F4N5O4/c23-17-5-13(6-18(29-28)19(17)27)20(32)30-7-14-9-31(10-15(14)8-30)21(33)34-11-12-1-3-16(4-2-12)35-22(24,25)26/h12-17,19H,1-11,27-28H2/b29-18+. The van der Waals surface area contributed by atoms with Crippen LogP contribution in [0.3, 0.4) is 0 Å². The van der Waals surface area contributed by atoms with Gasteiger partial charge >= 0.3 is 12.5 Å². The van der Waals surface area contributed by atoms with Crippen molar-refractivity contribution in [3.8, 4) is 0 Å². The molecule has 35 heavy (non-hydrogen) atoms. The van der Waals surface area contributed by atoms with E-state index in [0.29, 0.717) is 44.7 Å². The Morgan fingerprint density at radius 1 is 1.03 bits per heavy atom. The Labute approximate surface area is 201 Å². The molecule has 0 bridgehead atoms. The van der Waals surface area contributed by atoms with Crippen LogP contribution in [0.5, 0.6) is 0 Å². The molecule has 2 aliphatic heterocycles. The lowest BCUT2D eigenvalue weighted by Gasteiger charge is -2.32. The molecule has 13 heteroatoms. The summed E-state index contributed by atoms with van der Waals surface area (Å²) in [5.41, 5.74) is 6.08. The van der Waals surface area contributed by atoms with Crippen molar-refractivity contribution >= 4 is 17.7 Å². The van der Waals surface area contributed by atoms with Crippen LogP contribution < -0.4 is 11.6 Å². The summed E-state index contributed by atoms with van der Waals surface area (Å²) >= 11 is 0. The second-order valence-corrected chi connectivity index (χ2v) is 10.3. The predicted molar refractivity (Wildman–Crippen MR) is 117 cm³/mol. The molecular weight excluding hydrogens is 474 g/mol. The van der Waals surface area contributed by atoms with Gasteiger partial charge in [-0.05, 0) is 38.0 Å². The molecule has 5 unspecified atom stereocenters. The lowest BCUT2D eigenvalue weighted by Crippen LogP contribution is -2.50. The number of carbonyl (C=O) groups is 2. The van der Waals surface area contributed by atoms with Gasteiger partial charge in [0.05, 0.1) is 24.5 Å². The average Bonchev–Trinajstić information content (AvgIpc) is 3.38. The van der Waals surface area contributed by atoms with Crippen LogP contribution in [0.1, 0.15) is 38.5 Å². The van der Waals surface area contributed by atoms with Crippen LogP contribution in [0.25, 0.3) is 0 Å². The maximum Gasteiger partial charge on any atom is 0.522 e. The van der Waals surface area contributed by atoms with Gasteiger partial charge in [-0.25, -0.2) is 9.18 Å². The minimum Gasteiger partial charge on any atom is -0.449 e. The molecule has 5 atom stereocenters. The van der Waals surface area contributed by atoms with Gasteiger partial charge in [0.2, 0.25) is 5.91 Å². The van der Waals surface area contributed by atoms with Crippen LogP contribution >= 0.6 is 0 Å². The summed E-state index contributed by atoms with van der Waals surface area (Å²) in [7, 11) is 0. The highest BCUT2D eigenvalue weighted by atomic mass is 19.4. The number of alkyl halides is 4. The van der Waals surface area contributed by atoms with Crippen LogP contribution in [-0.4, -0.2) is 85.0 Å². The summed E-state index contributed by atoms with van der Waals surface area (Å²) in [4.78, 5) is 28.9. The molecule has 0 radical (unpaired) electrons. The number of rotatable bonds is 4. The monoisotopic (exact) mass is 507 g/mol. The Hall–Kier alpha value is -2.15. The number of ether oxygens (including phenoxy) is 2. The van der Waals surface area contributed by atoms with Crippen LogP contribution in [-0.2, 0) is 14.3 Å². The number of hydrogen-bond acceptors (Lipinski definition) is 7. The molecule has 4 fully saturated rings. The average molecular weight is 508 g/mol. The lowest BCUT2D eigenvalue weighted by molar-refractivity contribution is -0.345. The molecule has 0 aromatic carbocycles. The number of hydrazone groups is 1. The van der Waals surface area contributed by atoms with Crippen molar-refractivity contribution in [2.75, 3.05) is 32.8 Å². The molecule has 4 rings (SSSR count). The zero-order chi connectivity index (χ0) is 25.3. The molecule has 2 heterocycles. The summed E-state index contributed by atoms with van der Waals surface area (Å²) < 4.78 is 60.8. The summed E-state index contributed by atoms with van der Waals surface area (Å²) in [6, 6.07) is -0.871. The van der Waals surface area contributed by atoms with Crippen molar-refractivity contribution in [2.24, 2.45) is 40.3 Å². The van der Waals surface area contributed by atoms with Gasteiger partial charge in [-0.1, -0.05) is 0 Å². The summed E-state index contributed by atoms with van der Waals surface area (Å²) in [5.74, 6) is 4.91. The normalized spacial score (nSPS) is 36.9. The van der Waals surface area contributed by atoms with E-state index in [0.717, 1.165) is 0 Å². The van der Waals surface area contributed by atoms with E-state index in [4.69, 9.17) is 16.3 Å². The van der Waals surface area contributed by atoms with Gasteiger partial charge in [-0.15, -0.1) is 13.2 Å². The first-order valence-corrected chi connectivity index (χ1v) is 12.1. The third-order valence-electron chi connectivity index (χ3n) is 7.85. The minimum absolute atomic E-state index is 0.0205. The molecule has 2 aliphatic carbocycles. The van der Waals surface area contributed by atoms with Crippen molar-refractivity contribution < 1.29 is 36.6 Å². The van der Waals surface area contributed by atoms with Crippen molar-refractivity contribution in [1.29, 1.82) is 0 Å². The number of nitrogens with two attached hydrogens (primary N) is 2. The number of fused-ring (bicyclic) bond motifs is 1. The fraction of sp³-hybridized carbons (Fsp3) is 0.864. The lowest BCUT2D eigenvalue weighted by atomic mass is 9.82. The number of halogens is 4. The number of likely N-dealkylation sites (tertiary alicyclic amines) is 2. The highest BCUT2D eigenvalue weighted by Gasteiger charge is 2.46. The maximum absolute atomic E-state index is 14.2. The molecule has 2 saturated heterocycles. The number of nitrogens with zero attached hydrogens (tertiary/aromatic N) is 3. The number of carbonyl (C=O) groups excluding carboxylic acids is 2. The maximum atomic E-state index is 14.2. The van der Waals surface area contributed by atoms with Gasteiger partial charge in [0, 0.05) is 50.4 Å². The second-order valence-electron chi connectivity index (χ2n) is 10.3. The fourth-order valence-corrected chi connectivity index (χ4v) is 5.89. The smallest absolute Gasteiger partial charge is 0.449 e. The molecular formula is C22H33F4N5O4. The zero-order valence-corrected chi connectivity index (χ0v) is 19.5. The first-order valence-electron chi connectivity index (χ1n) is 12.1. The van der Waals surface area contributed by atoms with E-state index in [2.05, 4.69) is 9.84 Å². The fourth-order valence-electron chi connectivity index (χ4n) is 5.89. The van der Waals surface area contributed by atoms with Crippen molar-refractivity contribution in [1.82, 2.24) is 9.80 Å². The van der Waals surface area contributed by atoms with E-state index >= 15 is 0 Å². The highest BCUT2D eigenvalue weighted by molar-refractivity contribution is 5.95.